The van der Waals surface area contributed by atoms with E-state index < -0.39 is 0 Å². The largest absolute Gasteiger partial charge is 0.0899 e. The Balaban J connectivity index is 1.30. The van der Waals surface area contributed by atoms with Gasteiger partial charge in [0.1, 0.15) is 0 Å². The number of hydrogen-bond acceptors (Lipinski definition) is 8. The maximum atomic E-state index is 2.35. The van der Waals surface area contributed by atoms with Gasteiger partial charge in [-0.1, -0.05) is 106 Å². The van der Waals surface area contributed by atoms with E-state index in [4.69, 9.17) is 0 Å². The predicted octanol–water partition coefficient (Wildman–Crippen LogP) is 8.88. The molecule has 5 rings (SSSR count). The van der Waals surface area contributed by atoms with Gasteiger partial charge in [0.05, 0.1) is 25.4 Å². The summed E-state index contributed by atoms with van der Waals surface area (Å²) in [5.74, 6) is 0. The summed E-state index contributed by atoms with van der Waals surface area (Å²) in [6.45, 7) is 0. The van der Waals surface area contributed by atoms with E-state index in [-0.39, 0.29) is 0 Å². The molecule has 4 aliphatic heterocycles. The Morgan fingerprint density at radius 3 is 1.42 bits per heavy atom. The van der Waals surface area contributed by atoms with Crippen molar-refractivity contribution in [2.24, 2.45) is 0 Å². The molecule has 5 aliphatic rings. The van der Waals surface area contributed by atoms with Gasteiger partial charge in [0.25, 0.3) is 0 Å². The highest BCUT2D eigenvalue weighted by molar-refractivity contribution is 8.49. The molecule has 0 radical (unpaired) electrons. The Labute approximate surface area is 175 Å². The van der Waals surface area contributed by atoms with Gasteiger partial charge < -0.3 is 0 Å². The van der Waals surface area contributed by atoms with E-state index in [1.54, 1.807) is 0 Å². The highest BCUT2D eigenvalue weighted by atomic mass is 32.3. The van der Waals surface area contributed by atoms with Crippen LogP contribution in [0.3, 0.4) is 0 Å². The maximum Gasteiger partial charge on any atom is 0.0717 e. The fourth-order valence-electron chi connectivity index (χ4n) is 2.44. The van der Waals surface area contributed by atoms with Gasteiger partial charge in [-0.05, 0) is 45.6 Å². The van der Waals surface area contributed by atoms with Crippen molar-refractivity contribution in [3.05, 3.63) is 70.4 Å². The Kier molecular flexibility index (Phi) is 5.37. The van der Waals surface area contributed by atoms with Gasteiger partial charge in [-0.3, -0.25) is 0 Å². The van der Waals surface area contributed by atoms with Crippen molar-refractivity contribution in [1.29, 1.82) is 0 Å². The third-order valence-corrected chi connectivity index (χ3v) is 14.2. The van der Waals surface area contributed by atoms with E-state index in [9.17, 15) is 0 Å². The van der Waals surface area contributed by atoms with Crippen LogP contribution in [-0.4, -0.2) is 0 Å². The maximum absolute atomic E-state index is 2.35. The number of allylic oxidation sites excluding steroid dienone is 4. The summed E-state index contributed by atoms with van der Waals surface area (Å²) in [5, 5.41) is 8.73. The SMILES string of the molecule is C1=CSC(=C2C=CC(=C3SC4=C(S3)SC(=C3SC=CS3)S4)CC2)S1. The molecule has 4 heterocycles. The van der Waals surface area contributed by atoms with Crippen molar-refractivity contribution < 1.29 is 0 Å². The zero-order valence-electron chi connectivity index (χ0n) is 12.1. The molecule has 0 aromatic heterocycles. The number of rotatable bonds is 0. The van der Waals surface area contributed by atoms with Gasteiger partial charge in [0.2, 0.25) is 0 Å². The van der Waals surface area contributed by atoms with Gasteiger partial charge in [0.15, 0.2) is 0 Å². The van der Waals surface area contributed by atoms with Crippen LogP contribution in [0.1, 0.15) is 12.8 Å². The highest BCUT2D eigenvalue weighted by Crippen LogP contribution is 2.69. The Hall–Kier alpha value is 0.980. The van der Waals surface area contributed by atoms with Crippen LogP contribution in [0.5, 0.6) is 0 Å². The van der Waals surface area contributed by atoms with E-state index >= 15 is 0 Å². The Bertz CT molecular complexity index is 779. The summed E-state index contributed by atoms with van der Waals surface area (Å²) in [4.78, 5) is 0. The molecule has 0 spiro atoms. The van der Waals surface area contributed by atoms with Crippen molar-refractivity contribution >= 4 is 94.1 Å². The normalized spacial score (nSPS) is 26.0. The van der Waals surface area contributed by atoms with Gasteiger partial charge in [-0.25, -0.2) is 0 Å². The van der Waals surface area contributed by atoms with Crippen LogP contribution in [0.25, 0.3) is 0 Å². The van der Waals surface area contributed by atoms with Crippen molar-refractivity contribution in [3.8, 4) is 0 Å². The molecule has 0 N–H and O–H groups in total. The summed E-state index contributed by atoms with van der Waals surface area (Å²) < 4.78 is 8.87. The lowest BCUT2D eigenvalue weighted by molar-refractivity contribution is 0.949. The Morgan fingerprint density at radius 2 is 0.875 bits per heavy atom. The van der Waals surface area contributed by atoms with Crippen molar-refractivity contribution in [3.63, 3.8) is 0 Å². The van der Waals surface area contributed by atoms with Gasteiger partial charge >= 0.3 is 0 Å². The highest BCUT2D eigenvalue weighted by Gasteiger charge is 2.33. The second kappa shape index (κ2) is 7.54. The zero-order chi connectivity index (χ0) is 15.9. The van der Waals surface area contributed by atoms with Crippen LogP contribution in [0, 0.1) is 0 Å². The average Bonchev–Trinajstić information content (AvgIpc) is 3.37. The molecule has 0 unspecified atom stereocenters. The quantitative estimate of drug-likeness (QED) is 0.348. The van der Waals surface area contributed by atoms with E-state index in [1.807, 2.05) is 94.1 Å². The fraction of sp³-hybridized carbons (Fsp3) is 0.125. The average molecular weight is 459 g/mol. The summed E-state index contributed by atoms with van der Waals surface area (Å²) in [7, 11) is 0. The number of thioether (sulfide) groups is 8. The van der Waals surface area contributed by atoms with Crippen LogP contribution in [-0.2, 0) is 0 Å². The van der Waals surface area contributed by atoms with E-state index in [0.29, 0.717) is 0 Å². The lowest BCUT2D eigenvalue weighted by Crippen LogP contribution is -1.93. The summed E-state index contributed by atoms with van der Waals surface area (Å²) >= 11 is 15.3. The lowest BCUT2D eigenvalue weighted by atomic mass is 10.00. The molecular formula is C16H10S8. The van der Waals surface area contributed by atoms with Gasteiger partial charge in [-0.15, -0.1) is 0 Å². The first-order valence-electron chi connectivity index (χ1n) is 7.18. The summed E-state index contributed by atoms with van der Waals surface area (Å²) in [6, 6.07) is 0. The fourth-order valence-corrected chi connectivity index (χ4v) is 12.9. The molecule has 0 fully saturated rings. The first kappa shape index (κ1) is 17.1. The monoisotopic (exact) mass is 458 g/mol. The smallest absolute Gasteiger partial charge is 0.0717 e. The van der Waals surface area contributed by atoms with Crippen LogP contribution in [0.2, 0.25) is 0 Å². The summed E-state index contributed by atoms with van der Waals surface area (Å²) in [6.07, 6.45) is 7.03. The minimum absolute atomic E-state index is 1.17. The molecule has 0 saturated heterocycles. The minimum atomic E-state index is 1.17. The molecule has 0 nitrogen and oxygen atoms in total. The van der Waals surface area contributed by atoms with Crippen LogP contribution in [0.4, 0.5) is 0 Å². The molecule has 0 amide bonds. The molecule has 0 atom stereocenters. The second-order valence-electron chi connectivity index (χ2n) is 5.03. The lowest BCUT2D eigenvalue weighted by Gasteiger charge is -2.15. The topological polar surface area (TPSA) is 0 Å². The first-order chi connectivity index (χ1) is 11.9. The molecular weight excluding hydrogens is 449 g/mol. The van der Waals surface area contributed by atoms with Crippen LogP contribution < -0.4 is 0 Å². The van der Waals surface area contributed by atoms with Gasteiger partial charge in [-0.2, -0.15) is 0 Å². The van der Waals surface area contributed by atoms with Crippen molar-refractivity contribution in [2.75, 3.05) is 0 Å². The second-order valence-corrected chi connectivity index (χ2v) is 14.3. The van der Waals surface area contributed by atoms with Crippen molar-refractivity contribution in [2.45, 2.75) is 12.8 Å². The minimum Gasteiger partial charge on any atom is -0.0899 e. The molecule has 1 aliphatic carbocycles. The predicted molar refractivity (Wildman–Crippen MR) is 125 cm³/mol. The van der Waals surface area contributed by atoms with Crippen LogP contribution >= 0.6 is 94.1 Å². The van der Waals surface area contributed by atoms with E-state index in [0.717, 1.165) is 0 Å². The third-order valence-electron chi connectivity index (χ3n) is 3.56. The van der Waals surface area contributed by atoms with Crippen molar-refractivity contribution in [1.82, 2.24) is 0 Å². The molecule has 24 heavy (non-hydrogen) atoms. The Morgan fingerprint density at radius 1 is 0.458 bits per heavy atom. The number of hydrogen-bond donors (Lipinski definition) is 0. The van der Waals surface area contributed by atoms with E-state index in [1.165, 1.54) is 49.4 Å². The van der Waals surface area contributed by atoms with Crippen LogP contribution in [0.15, 0.2) is 70.4 Å². The molecule has 0 bridgehead atoms. The molecule has 0 saturated carbocycles. The van der Waals surface area contributed by atoms with Gasteiger partial charge in [0, 0.05) is 0 Å². The zero-order valence-corrected chi connectivity index (χ0v) is 18.7. The van der Waals surface area contributed by atoms with E-state index in [2.05, 4.69) is 33.8 Å². The molecule has 0 aromatic rings. The third kappa shape index (κ3) is 3.42. The summed E-state index contributed by atoms with van der Waals surface area (Å²) in [5.41, 5.74) is 3.03. The molecule has 8 heteroatoms. The molecule has 122 valence electrons. The molecule has 0 aromatic carbocycles. The first-order valence-corrected chi connectivity index (χ1v) is 14.0. The standard InChI is InChI=1S/C16H10S8/c1-3-10(4-2-9(1)11-17-5-6-18-11)12-21-15-16(22-12)24-14(23-15)13-19-7-8-20-13/h1,3,5-8H,2,4H2.